The number of nitrogens with zero attached hydrogens (tertiary/aromatic N) is 1. The summed E-state index contributed by atoms with van der Waals surface area (Å²) < 4.78 is 0. The molecule has 3 rings (SSSR count). The van der Waals surface area contributed by atoms with Crippen LogP contribution in [0.5, 0.6) is 0 Å². The van der Waals surface area contributed by atoms with Gasteiger partial charge in [-0.3, -0.25) is 4.90 Å². The van der Waals surface area contributed by atoms with Crippen molar-refractivity contribution < 1.29 is 0 Å². The average molecular weight is 250 g/mol. The van der Waals surface area contributed by atoms with Crippen molar-refractivity contribution in [1.82, 2.24) is 10.2 Å². The van der Waals surface area contributed by atoms with Gasteiger partial charge in [0, 0.05) is 18.6 Å². The molecule has 18 heavy (non-hydrogen) atoms. The number of rotatable bonds is 2. The van der Waals surface area contributed by atoms with Crippen molar-refractivity contribution in [3.8, 4) is 0 Å². The lowest BCUT2D eigenvalue weighted by Crippen LogP contribution is -2.44. The number of hydrogen-bond donors (Lipinski definition) is 1. The van der Waals surface area contributed by atoms with Crippen LogP contribution in [0.2, 0.25) is 0 Å². The minimum Gasteiger partial charge on any atom is -0.316 e. The molecule has 0 radical (unpaired) electrons. The molecule has 3 fully saturated rings. The van der Waals surface area contributed by atoms with Crippen LogP contribution in [0, 0.1) is 23.7 Å². The molecule has 2 aliphatic heterocycles. The number of hydrogen-bond acceptors (Lipinski definition) is 2. The fourth-order valence-electron chi connectivity index (χ4n) is 4.79. The lowest BCUT2D eigenvalue weighted by atomic mass is 9.78. The highest BCUT2D eigenvalue weighted by Gasteiger charge is 2.44. The van der Waals surface area contributed by atoms with E-state index in [-0.39, 0.29) is 0 Å². The predicted molar refractivity (Wildman–Crippen MR) is 76.6 cm³/mol. The summed E-state index contributed by atoms with van der Waals surface area (Å²) in [5, 5.41) is 3.58. The molecule has 2 nitrogen and oxygen atoms in total. The van der Waals surface area contributed by atoms with Gasteiger partial charge in [0.1, 0.15) is 0 Å². The summed E-state index contributed by atoms with van der Waals surface area (Å²) in [7, 11) is 0. The SMILES string of the molecule is CC(C)C1CCCC(N2CC3CNCC3C2C)C1. The molecule has 0 aromatic heterocycles. The van der Waals surface area contributed by atoms with Crippen LogP contribution in [-0.2, 0) is 0 Å². The van der Waals surface area contributed by atoms with E-state index >= 15 is 0 Å². The van der Waals surface area contributed by atoms with Crippen LogP contribution in [0.4, 0.5) is 0 Å². The summed E-state index contributed by atoms with van der Waals surface area (Å²) in [6, 6.07) is 1.72. The zero-order valence-electron chi connectivity index (χ0n) is 12.4. The van der Waals surface area contributed by atoms with E-state index in [0.29, 0.717) is 0 Å². The van der Waals surface area contributed by atoms with Crippen LogP contribution in [-0.4, -0.2) is 36.6 Å². The first-order chi connectivity index (χ1) is 8.66. The molecule has 0 spiro atoms. The maximum atomic E-state index is 3.58. The first kappa shape index (κ1) is 12.9. The standard InChI is InChI=1S/C16H30N2/c1-11(2)13-5-4-6-15(7-13)18-10-14-8-17-9-16(14)12(18)3/h11-17H,4-10H2,1-3H3. The van der Waals surface area contributed by atoms with Gasteiger partial charge in [0.05, 0.1) is 0 Å². The molecule has 1 N–H and O–H groups in total. The van der Waals surface area contributed by atoms with Gasteiger partial charge in [-0.2, -0.15) is 0 Å². The largest absolute Gasteiger partial charge is 0.316 e. The van der Waals surface area contributed by atoms with Crippen molar-refractivity contribution in [2.75, 3.05) is 19.6 Å². The van der Waals surface area contributed by atoms with Gasteiger partial charge >= 0.3 is 0 Å². The Bertz CT molecular complexity index is 289. The monoisotopic (exact) mass is 250 g/mol. The number of nitrogens with one attached hydrogen (secondary N) is 1. The van der Waals surface area contributed by atoms with Crippen LogP contribution in [0.15, 0.2) is 0 Å². The second-order valence-electron chi connectivity index (χ2n) is 7.34. The molecule has 2 heterocycles. The van der Waals surface area contributed by atoms with E-state index in [1.165, 1.54) is 45.3 Å². The van der Waals surface area contributed by atoms with E-state index < -0.39 is 0 Å². The average Bonchev–Trinajstić information content (AvgIpc) is 2.93. The third kappa shape index (κ3) is 2.22. The van der Waals surface area contributed by atoms with Crippen LogP contribution in [0.25, 0.3) is 0 Å². The second kappa shape index (κ2) is 5.13. The quantitative estimate of drug-likeness (QED) is 0.811. The van der Waals surface area contributed by atoms with Crippen LogP contribution >= 0.6 is 0 Å². The first-order valence-corrected chi connectivity index (χ1v) is 8.13. The van der Waals surface area contributed by atoms with Gasteiger partial charge in [0.25, 0.3) is 0 Å². The van der Waals surface area contributed by atoms with E-state index in [9.17, 15) is 0 Å². The van der Waals surface area contributed by atoms with E-state index in [0.717, 1.165) is 35.8 Å². The predicted octanol–water partition coefficient (Wildman–Crippen LogP) is 2.74. The minimum absolute atomic E-state index is 0.820. The molecule has 1 aliphatic carbocycles. The summed E-state index contributed by atoms with van der Waals surface area (Å²) in [6.07, 6.45) is 5.87. The normalized spacial score (nSPS) is 45.7. The first-order valence-electron chi connectivity index (χ1n) is 8.13. The molecule has 5 unspecified atom stereocenters. The Morgan fingerprint density at radius 2 is 2.00 bits per heavy atom. The summed E-state index contributed by atoms with van der Waals surface area (Å²) in [5.74, 6) is 3.74. The van der Waals surface area contributed by atoms with Gasteiger partial charge in [-0.1, -0.05) is 26.7 Å². The Morgan fingerprint density at radius 3 is 2.72 bits per heavy atom. The fourth-order valence-corrected chi connectivity index (χ4v) is 4.79. The van der Waals surface area contributed by atoms with Gasteiger partial charge in [-0.25, -0.2) is 0 Å². The van der Waals surface area contributed by atoms with Crippen molar-refractivity contribution in [2.24, 2.45) is 23.7 Å². The van der Waals surface area contributed by atoms with E-state index in [4.69, 9.17) is 0 Å². The van der Waals surface area contributed by atoms with Crippen molar-refractivity contribution in [3.05, 3.63) is 0 Å². The van der Waals surface area contributed by atoms with E-state index in [1.54, 1.807) is 0 Å². The van der Waals surface area contributed by atoms with Crippen molar-refractivity contribution >= 4 is 0 Å². The Kier molecular flexibility index (Phi) is 3.68. The molecule has 1 saturated carbocycles. The summed E-state index contributed by atoms with van der Waals surface area (Å²) in [4.78, 5) is 2.88. The smallest absolute Gasteiger partial charge is 0.0114 e. The maximum Gasteiger partial charge on any atom is 0.0114 e. The molecule has 0 bridgehead atoms. The van der Waals surface area contributed by atoms with Gasteiger partial charge in [0.2, 0.25) is 0 Å². The molecular formula is C16H30N2. The highest BCUT2D eigenvalue weighted by molar-refractivity contribution is 4.99. The van der Waals surface area contributed by atoms with Gasteiger partial charge in [-0.15, -0.1) is 0 Å². The molecule has 5 atom stereocenters. The molecular weight excluding hydrogens is 220 g/mol. The highest BCUT2D eigenvalue weighted by atomic mass is 15.2. The molecule has 3 aliphatic rings. The number of likely N-dealkylation sites (tertiary alicyclic amines) is 1. The van der Waals surface area contributed by atoms with Crippen LogP contribution in [0.1, 0.15) is 46.5 Å². The third-order valence-corrected chi connectivity index (χ3v) is 6.08. The molecule has 2 heteroatoms. The van der Waals surface area contributed by atoms with Crippen molar-refractivity contribution in [1.29, 1.82) is 0 Å². The van der Waals surface area contributed by atoms with E-state index in [1.807, 2.05) is 0 Å². The summed E-state index contributed by atoms with van der Waals surface area (Å²) >= 11 is 0. The van der Waals surface area contributed by atoms with Gasteiger partial charge in [-0.05, 0) is 56.5 Å². The lowest BCUT2D eigenvalue weighted by Gasteiger charge is -2.39. The van der Waals surface area contributed by atoms with Crippen molar-refractivity contribution in [3.63, 3.8) is 0 Å². The Hall–Kier alpha value is -0.0800. The molecule has 0 amide bonds. The third-order valence-electron chi connectivity index (χ3n) is 6.08. The highest BCUT2D eigenvalue weighted by Crippen LogP contribution is 2.39. The molecule has 0 aromatic carbocycles. The van der Waals surface area contributed by atoms with Crippen LogP contribution < -0.4 is 5.32 Å². The lowest BCUT2D eigenvalue weighted by molar-refractivity contribution is 0.0985. The van der Waals surface area contributed by atoms with Gasteiger partial charge in [0.15, 0.2) is 0 Å². The maximum absolute atomic E-state index is 3.58. The summed E-state index contributed by atoms with van der Waals surface area (Å²) in [6.45, 7) is 11.2. The number of fused-ring (bicyclic) bond motifs is 1. The zero-order valence-corrected chi connectivity index (χ0v) is 12.4. The van der Waals surface area contributed by atoms with Crippen molar-refractivity contribution in [2.45, 2.75) is 58.5 Å². The second-order valence-corrected chi connectivity index (χ2v) is 7.34. The minimum atomic E-state index is 0.820. The Morgan fingerprint density at radius 1 is 1.17 bits per heavy atom. The van der Waals surface area contributed by atoms with E-state index in [2.05, 4.69) is 31.0 Å². The topological polar surface area (TPSA) is 15.3 Å². The zero-order chi connectivity index (χ0) is 12.7. The Balaban J connectivity index is 1.64. The van der Waals surface area contributed by atoms with Crippen LogP contribution in [0.3, 0.4) is 0 Å². The van der Waals surface area contributed by atoms with Gasteiger partial charge < -0.3 is 5.32 Å². The molecule has 104 valence electrons. The molecule has 0 aromatic rings. The Labute approximate surface area is 113 Å². The fraction of sp³-hybridized carbons (Fsp3) is 1.00. The molecule has 2 saturated heterocycles. The summed E-state index contributed by atoms with van der Waals surface area (Å²) in [5.41, 5.74) is 0.